The van der Waals surface area contributed by atoms with Crippen molar-refractivity contribution in [3.63, 3.8) is 0 Å². The van der Waals surface area contributed by atoms with Crippen molar-refractivity contribution in [2.24, 2.45) is 0 Å². The number of rotatable bonds is 4. The van der Waals surface area contributed by atoms with Gasteiger partial charge in [0.2, 0.25) is 5.91 Å². The molecule has 1 unspecified atom stereocenters. The fourth-order valence-corrected chi connectivity index (χ4v) is 1.97. The Kier molecular flexibility index (Phi) is 3.22. The van der Waals surface area contributed by atoms with Crippen molar-refractivity contribution in [1.82, 2.24) is 5.32 Å². The summed E-state index contributed by atoms with van der Waals surface area (Å²) in [6, 6.07) is 5.98. The first-order valence-corrected chi connectivity index (χ1v) is 5.34. The molecule has 4 nitrogen and oxygen atoms in total. The minimum atomic E-state index is 0.0333. The molecular formula is C12H16N2O2. The van der Waals surface area contributed by atoms with Crippen molar-refractivity contribution in [3.05, 3.63) is 29.3 Å². The van der Waals surface area contributed by atoms with Gasteiger partial charge in [-0.3, -0.25) is 4.79 Å². The van der Waals surface area contributed by atoms with Crippen molar-refractivity contribution >= 4 is 11.6 Å². The van der Waals surface area contributed by atoms with Gasteiger partial charge in [0.1, 0.15) is 0 Å². The standard InChI is InChI=1S/C12H16N2O2/c1-13-7-11(16-2)8-3-4-10-9(5-8)6-12(15)14-10/h3-5,11,13H,6-7H2,1-2H3,(H,14,15). The van der Waals surface area contributed by atoms with Gasteiger partial charge in [0.05, 0.1) is 12.5 Å². The van der Waals surface area contributed by atoms with Gasteiger partial charge in [0.25, 0.3) is 0 Å². The SMILES string of the molecule is CNCC(OC)c1ccc2c(c1)CC(=O)N2. The van der Waals surface area contributed by atoms with E-state index in [9.17, 15) is 4.79 Å². The number of ether oxygens (including phenoxy) is 1. The van der Waals surface area contributed by atoms with Crippen LogP contribution in [-0.4, -0.2) is 26.6 Å². The molecular weight excluding hydrogens is 204 g/mol. The first-order chi connectivity index (χ1) is 7.74. The largest absolute Gasteiger partial charge is 0.375 e. The van der Waals surface area contributed by atoms with Gasteiger partial charge < -0.3 is 15.4 Å². The molecule has 0 bridgehead atoms. The summed E-state index contributed by atoms with van der Waals surface area (Å²) in [4.78, 5) is 11.2. The molecule has 0 aromatic heterocycles. The monoisotopic (exact) mass is 220 g/mol. The molecule has 1 aromatic rings. The van der Waals surface area contributed by atoms with Gasteiger partial charge in [0.15, 0.2) is 0 Å². The normalized spacial score (nSPS) is 15.8. The highest BCUT2D eigenvalue weighted by atomic mass is 16.5. The average Bonchev–Trinajstić information content (AvgIpc) is 2.64. The molecule has 1 amide bonds. The Labute approximate surface area is 95.0 Å². The van der Waals surface area contributed by atoms with Gasteiger partial charge in [-0.25, -0.2) is 0 Å². The van der Waals surface area contributed by atoms with E-state index >= 15 is 0 Å². The molecule has 86 valence electrons. The number of hydrogen-bond donors (Lipinski definition) is 2. The van der Waals surface area contributed by atoms with Crippen molar-refractivity contribution in [1.29, 1.82) is 0 Å². The quantitative estimate of drug-likeness (QED) is 0.798. The highest BCUT2D eigenvalue weighted by Crippen LogP contribution is 2.27. The lowest BCUT2D eigenvalue weighted by Gasteiger charge is -2.16. The maximum atomic E-state index is 11.2. The maximum absolute atomic E-state index is 11.2. The fourth-order valence-electron chi connectivity index (χ4n) is 1.97. The third-order valence-corrected chi connectivity index (χ3v) is 2.80. The zero-order valence-corrected chi connectivity index (χ0v) is 9.54. The molecule has 0 saturated carbocycles. The van der Waals surface area contributed by atoms with E-state index in [1.54, 1.807) is 7.11 Å². The van der Waals surface area contributed by atoms with E-state index in [2.05, 4.69) is 10.6 Å². The van der Waals surface area contributed by atoms with E-state index in [1.165, 1.54) is 0 Å². The number of likely N-dealkylation sites (N-methyl/N-ethyl adjacent to an activating group) is 1. The molecule has 4 heteroatoms. The highest BCUT2D eigenvalue weighted by Gasteiger charge is 2.19. The van der Waals surface area contributed by atoms with E-state index in [0.717, 1.165) is 23.4 Å². The average molecular weight is 220 g/mol. The van der Waals surface area contributed by atoms with Crippen LogP contribution < -0.4 is 10.6 Å². The number of amides is 1. The molecule has 0 saturated heterocycles. The number of fused-ring (bicyclic) bond motifs is 1. The number of nitrogens with one attached hydrogen (secondary N) is 2. The summed E-state index contributed by atoms with van der Waals surface area (Å²) in [5.74, 6) is 0.0646. The fraction of sp³-hybridized carbons (Fsp3) is 0.417. The molecule has 2 rings (SSSR count). The maximum Gasteiger partial charge on any atom is 0.228 e. The molecule has 0 aliphatic carbocycles. The van der Waals surface area contributed by atoms with Crippen molar-refractivity contribution in [2.75, 3.05) is 26.0 Å². The predicted octanol–water partition coefficient (Wildman–Crippen LogP) is 1.09. The molecule has 0 spiro atoms. The molecule has 1 aliphatic rings. The van der Waals surface area contributed by atoms with Crippen molar-refractivity contribution < 1.29 is 9.53 Å². The van der Waals surface area contributed by atoms with Crippen LogP contribution in [0.3, 0.4) is 0 Å². The summed E-state index contributed by atoms with van der Waals surface area (Å²) in [6.07, 6.45) is 0.505. The lowest BCUT2D eigenvalue weighted by atomic mass is 10.0. The van der Waals surface area contributed by atoms with E-state index in [0.29, 0.717) is 6.42 Å². The van der Waals surface area contributed by atoms with Crippen LogP contribution >= 0.6 is 0 Å². The number of benzene rings is 1. The number of anilines is 1. The van der Waals surface area contributed by atoms with Crippen LogP contribution in [-0.2, 0) is 16.0 Å². The highest BCUT2D eigenvalue weighted by molar-refractivity contribution is 5.99. The Morgan fingerprint density at radius 2 is 2.38 bits per heavy atom. The second kappa shape index (κ2) is 4.63. The summed E-state index contributed by atoms with van der Waals surface area (Å²) in [6.45, 7) is 0.761. The van der Waals surface area contributed by atoms with E-state index in [4.69, 9.17) is 4.74 Å². The van der Waals surface area contributed by atoms with Gasteiger partial charge in [-0.05, 0) is 24.2 Å². The van der Waals surface area contributed by atoms with Crippen molar-refractivity contribution in [3.8, 4) is 0 Å². The summed E-state index contributed by atoms with van der Waals surface area (Å²) < 4.78 is 5.40. The van der Waals surface area contributed by atoms with E-state index in [-0.39, 0.29) is 12.0 Å². The van der Waals surface area contributed by atoms with E-state index < -0.39 is 0 Å². The molecule has 0 fully saturated rings. The van der Waals surface area contributed by atoms with Crippen LogP contribution in [0.5, 0.6) is 0 Å². The Morgan fingerprint density at radius 1 is 1.56 bits per heavy atom. The molecule has 1 aromatic carbocycles. The summed E-state index contributed by atoms with van der Waals surface area (Å²) in [5.41, 5.74) is 3.08. The predicted molar refractivity (Wildman–Crippen MR) is 62.5 cm³/mol. The number of carbonyl (C=O) groups is 1. The number of carbonyl (C=O) groups excluding carboxylic acids is 1. The van der Waals surface area contributed by atoms with Crippen LogP contribution in [0.25, 0.3) is 0 Å². The molecule has 1 aliphatic heterocycles. The van der Waals surface area contributed by atoms with Gasteiger partial charge >= 0.3 is 0 Å². The van der Waals surface area contributed by atoms with Crippen LogP contribution in [0.15, 0.2) is 18.2 Å². The minimum absolute atomic E-state index is 0.0333. The minimum Gasteiger partial charge on any atom is -0.375 e. The number of methoxy groups -OCH3 is 1. The second-order valence-corrected chi connectivity index (χ2v) is 3.92. The van der Waals surface area contributed by atoms with Crippen LogP contribution in [0, 0.1) is 0 Å². The summed E-state index contributed by atoms with van der Waals surface area (Å²) >= 11 is 0. The Hall–Kier alpha value is -1.39. The molecule has 1 heterocycles. The van der Waals surface area contributed by atoms with Crippen molar-refractivity contribution in [2.45, 2.75) is 12.5 Å². The lowest BCUT2D eigenvalue weighted by Crippen LogP contribution is -2.18. The Balaban J connectivity index is 2.24. The third-order valence-electron chi connectivity index (χ3n) is 2.80. The first-order valence-electron chi connectivity index (χ1n) is 5.34. The third kappa shape index (κ3) is 2.08. The van der Waals surface area contributed by atoms with Gasteiger partial charge in [-0.1, -0.05) is 12.1 Å². The topological polar surface area (TPSA) is 50.4 Å². The summed E-state index contributed by atoms with van der Waals surface area (Å²) in [7, 11) is 3.59. The zero-order valence-electron chi connectivity index (χ0n) is 9.54. The molecule has 16 heavy (non-hydrogen) atoms. The second-order valence-electron chi connectivity index (χ2n) is 3.92. The lowest BCUT2D eigenvalue weighted by molar-refractivity contribution is -0.115. The molecule has 1 atom stereocenters. The van der Waals surface area contributed by atoms with Crippen LogP contribution in [0.2, 0.25) is 0 Å². The van der Waals surface area contributed by atoms with Crippen LogP contribution in [0.4, 0.5) is 5.69 Å². The molecule has 2 N–H and O–H groups in total. The Morgan fingerprint density at radius 3 is 3.06 bits per heavy atom. The first kappa shape index (κ1) is 11.1. The Bertz CT molecular complexity index is 404. The molecule has 0 radical (unpaired) electrons. The van der Waals surface area contributed by atoms with Gasteiger partial charge in [-0.15, -0.1) is 0 Å². The number of hydrogen-bond acceptors (Lipinski definition) is 3. The zero-order chi connectivity index (χ0) is 11.5. The van der Waals surface area contributed by atoms with E-state index in [1.807, 2.05) is 25.2 Å². The van der Waals surface area contributed by atoms with Gasteiger partial charge in [-0.2, -0.15) is 0 Å². The summed E-state index contributed by atoms with van der Waals surface area (Å²) in [5, 5.41) is 5.90. The van der Waals surface area contributed by atoms with Crippen LogP contribution in [0.1, 0.15) is 17.2 Å². The van der Waals surface area contributed by atoms with Gasteiger partial charge in [0, 0.05) is 19.3 Å². The smallest absolute Gasteiger partial charge is 0.228 e.